The minimum absolute atomic E-state index is 0.00380. The fourth-order valence-electron chi connectivity index (χ4n) is 3.58. The summed E-state index contributed by atoms with van der Waals surface area (Å²) in [5.74, 6) is -0.314. The van der Waals surface area contributed by atoms with Gasteiger partial charge in [0.2, 0.25) is 5.88 Å². The molecule has 238 valence electrons. The lowest BCUT2D eigenvalue weighted by Crippen LogP contribution is -2.54. The number of rotatable bonds is 10. The molecule has 0 bridgehead atoms. The molecule has 1 saturated heterocycles. The summed E-state index contributed by atoms with van der Waals surface area (Å²) in [5, 5.41) is -0.202. The van der Waals surface area contributed by atoms with Crippen molar-refractivity contribution in [2.45, 2.75) is 141 Å². The number of nitrogens with zero attached hydrogens (tertiary/aromatic N) is 2. The Morgan fingerprint density at radius 3 is 1.76 bits per heavy atom. The molecule has 0 N–H and O–H groups in total. The van der Waals surface area contributed by atoms with E-state index in [0.29, 0.717) is 6.61 Å². The van der Waals surface area contributed by atoms with Crippen LogP contribution in [0.2, 0.25) is 54.4 Å². The van der Waals surface area contributed by atoms with Crippen molar-refractivity contribution in [3.63, 3.8) is 0 Å². The van der Waals surface area contributed by atoms with Crippen LogP contribution in [0.25, 0.3) is 0 Å². The van der Waals surface area contributed by atoms with Crippen molar-refractivity contribution in [2.24, 2.45) is 0 Å². The zero-order valence-corrected chi connectivity index (χ0v) is 31.6. The van der Waals surface area contributed by atoms with Crippen LogP contribution in [-0.4, -0.2) is 68.2 Å². The van der Waals surface area contributed by atoms with Gasteiger partial charge in [-0.2, -0.15) is 4.98 Å². The molecular weight excluding hydrogens is 597 g/mol. The van der Waals surface area contributed by atoms with Crippen LogP contribution < -0.4 is 9.87 Å². The van der Waals surface area contributed by atoms with Crippen molar-refractivity contribution in [1.82, 2.24) is 9.55 Å². The molecule has 0 spiro atoms. The highest BCUT2D eigenvalue weighted by Gasteiger charge is 2.55. The van der Waals surface area contributed by atoms with E-state index in [-0.39, 0.29) is 21.0 Å². The van der Waals surface area contributed by atoms with Crippen molar-refractivity contribution in [3.05, 3.63) is 22.7 Å². The standard InChI is InChI=1S/C27H54N2O8SSi3/c1-25(2,3)39(10,11)33-18-19-21(36-40(12,13)26(4,5)6)22(37-41(14,15)27(7,8)9)23(34-19)29-17-16-20(28-24(29)30)35-38(31)32/h16-17,19,21-23H,18H2,1-15H3,(H,31,32)/p-1/t19-,21+,22?,23-/m1/s1. The molecule has 10 nitrogen and oxygen atoms in total. The van der Waals surface area contributed by atoms with Gasteiger partial charge in [-0.3, -0.25) is 4.57 Å². The van der Waals surface area contributed by atoms with Crippen LogP contribution in [0.3, 0.4) is 0 Å². The molecule has 2 heterocycles. The van der Waals surface area contributed by atoms with Gasteiger partial charge < -0.3 is 26.8 Å². The highest BCUT2D eigenvalue weighted by Crippen LogP contribution is 2.46. The fraction of sp³-hybridized carbons (Fsp3) is 0.852. The highest BCUT2D eigenvalue weighted by atomic mass is 32.2. The molecule has 5 atom stereocenters. The molecule has 0 amide bonds. The van der Waals surface area contributed by atoms with Gasteiger partial charge in [0.25, 0.3) is 0 Å². The Kier molecular flexibility index (Phi) is 11.0. The first-order valence-electron chi connectivity index (χ1n) is 14.2. The number of aromatic nitrogens is 2. The lowest BCUT2D eigenvalue weighted by molar-refractivity contribution is -0.0510. The minimum atomic E-state index is -2.85. The summed E-state index contributed by atoms with van der Waals surface area (Å²) < 4.78 is 55.4. The summed E-state index contributed by atoms with van der Waals surface area (Å²) in [6, 6.07) is 1.33. The molecule has 0 radical (unpaired) electrons. The maximum Gasteiger partial charge on any atom is 0.353 e. The van der Waals surface area contributed by atoms with E-state index in [2.05, 4.69) is 111 Å². The van der Waals surface area contributed by atoms with Crippen LogP contribution in [0.15, 0.2) is 17.1 Å². The molecule has 0 saturated carbocycles. The van der Waals surface area contributed by atoms with Gasteiger partial charge in [0.05, 0.1) is 6.61 Å². The molecule has 41 heavy (non-hydrogen) atoms. The van der Waals surface area contributed by atoms with Crippen molar-refractivity contribution >= 4 is 36.3 Å². The molecular formula is C27H53N2O8SSi3-. The third kappa shape index (κ3) is 8.69. The first kappa shape index (κ1) is 36.5. The van der Waals surface area contributed by atoms with Crippen LogP contribution in [0, 0.1) is 0 Å². The maximum atomic E-state index is 13.2. The number of hydrogen-bond donors (Lipinski definition) is 0. The Bertz CT molecular complexity index is 1140. The smallest absolute Gasteiger partial charge is 0.353 e. The van der Waals surface area contributed by atoms with E-state index in [9.17, 15) is 13.6 Å². The third-order valence-corrected chi connectivity index (χ3v) is 23.2. The van der Waals surface area contributed by atoms with Gasteiger partial charge in [-0.05, 0) is 54.4 Å². The van der Waals surface area contributed by atoms with E-state index < -0.39 is 66.5 Å². The monoisotopic (exact) mass is 649 g/mol. The highest BCUT2D eigenvalue weighted by molar-refractivity contribution is 7.74. The van der Waals surface area contributed by atoms with Crippen LogP contribution in [0.5, 0.6) is 5.88 Å². The number of ether oxygens (including phenoxy) is 1. The first-order chi connectivity index (χ1) is 18.2. The van der Waals surface area contributed by atoms with E-state index >= 15 is 0 Å². The van der Waals surface area contributed by atoms with E-state index in [1.165, 1.54) is 16.8 Å². The summed E-state index contributed by atoms with van der Waals surface area (Å²) in [7, 11) is -6.88. The van der Waals surface area contributed by atoms with Gasteiger partial charge in [0.1, 0.15) is 29.7 Å². The summed E-state index contributed by atoms with van der Waals surface area (Å²) in [4.78, 5) is 17.0. The quantitative estimate of drug-likeness (QED) is 0.218. The Balaban J connectivity index is 2.67. The van der Waals surface area contributed by atoms with Gasteiger partial charge in [-0.25, -0.2) is 9.00 Å². The van der Waals surface area contributed by atoms with Crippen molar-refractivity contribution < 1.29 is 31.0 Å². The SMILES string of the molecule is CC(C)(C)[Si](C)(C)OC[C@H]1O[C@@H](n2ccc(OS(=O)[O-])nc2=O)C(O[Si](C)(C)C(C)(C)C)[C@H]1O[Si](C)(C)C(C)(C)C. The van der Waals surface area contributed by atoms with Crippen LogP contribution >= 0.6 is 0 Å². The fourth-order valence-corrected chi connectivity index (χ4v) is 7.43. The summed E-state index contributed by atoms with van der Waals surface area (Å²) >= 11 is -2.85. The van der Waals surface area contributed by atoms with Gasteiger partial charge in [0, 0.05) is 12.3 Å². The predicted octanol–water partition coefficient (Wildman–Crippen LogP) is 6.12. The Morgan fingerprint density at radius 2 is 1.34 bits per heavy atom. The molecule has 0 aliphatic carbocycles. The second kappa shape index (κ2) is 12.3. The van der Waals surface area contributed by atoms with Gasteiger partial charge in [-0.15, -0.1) is 0 Å². The molecule has 1 fully saturated rings. The average Bonchev–Trinajstić information content (AvgIpc) is 3.05. The van der Waals surface area contributed by atoms with E-state index in [4.69, 9.17) is 18.0 Å². The summed E-state index contributed by atoms with van der Waals surface area (Å²) in [5.41, 5.74) is -0.709. The average molecular weight is 650 g/mol. The third-order valence-electron chi connectivity index (χ3n) is 9.41. The van der Waals surface area contributed by atoms with Crippen molar-refractivity contribution in [3.8, 4) is 5.88 Å². The second-order valence-electron chi connectivity index (χ2n) is 15.6. The zero-order valence-electron chi connectivity index (χ0n) is 27.7. The minimum Gasteiger partial charge on any atom is -0.740 e. The number of hydrogen-bond acceptors (Lipinski definition) is 9. The summed E-state index contributed by atoms with van der Waals surface area (Å²) in [6.45, 7) is 33.0. The second-order valence-corrected chi connectivity index (χ2v) is 30.5. The van der Waals surface area contributed by atoms with E-state index in [0.717, 1.165) is 0 Å². The van der Waals surface area contributed by atoms with Crippen molar-refractivity contribution in [2.75, 3.05) is 6.61 Å². The van der Waals surface area contributed by atoms with Crippen LogP contribution in [0.4, 0.5) is 0 Å². The molecule has 1 aromatic heterocycles. The van der Waals surface area contributed by atoms with Gasteiger partial charge in [-0.1, -0.05) is 62.3 Å². The van der Waals surface area contributed by atoms with E-state index in [1.807, 2.05) is 0 Å². The van der Waals surface area contributed by atoms with Crippen molar-refractivity contribution in [1.29, 1.82) is 0 Å². The summed E-state index contributed by atoms with van der Waals surface area (Å²) in [6.07, 6.45) is -1.06. The Morgan fingerprint density at radius 1 is 0.878 bits per heavy atom. The topological polar surface area (TPSA) is 121 Å². The Labute approximate surface area is 252 Å². The molecule has 1 aliphatic heterocycles. The largest absolute Gasteiger partial charge is 0.740 e. The molecule has 14 heteroatoms. The molecule has 2 unspecified atom stereocenters. The van der Waals surface area contributed by atoms with Gasteiger partial charge >= 0.3 is 5.69 Å². The Hall–Kier alpha value is -0.719. The lowest BCUT2D eigenvalue weighted by Gasteiger charge is -2.44. The predicted molar refractivity (Wildman–Crippen MR) is 169 cm³/mol. The van der Waals surface area contributed by atoms with Crippen LogP contribution in [-0.2, 0) is 29.4 Å². The molecule has 2 rings (SSSR count). The lowest BCUT2D eigenvalue weighted by atomic mass is 10.1. The van der Waals surface area contributed by atoms with Crippen LogP contribution in [0.1, 0.15) is 68.5 Å². The van der Waals surface area contributed by atoms with Gasteiger partial charge in [0.15, 0.2) is 31.2 Å². The zero-order chi connectivity index (χ0) is 32.0. The normalized spacial score (nSPS) is 24.0. The maximum absolute atomic E-state index is 13.2. The van der Waals surface area contributed by atoms with E-state index in [1.54, 1.807) is 0 Å². The molecule has 0 aromatic carbocycles. The molecule has 1 aliphatic rings. The molecule has 1 aromatic rings. The first-order valence-corrected chi connectivity index (χ1v) is 23.9.